The molecule has 0 aliphatic heterocycles. The van der Waals surface area contributed by atoms with Crippen molar-refractivity contribution in [3.8, 4) is 0 Å². The van der Waals surface area contributed by atoms with Gasteiger partial charge in [0.15, 0.2) is 6.04 Å². The van der Waals surface area contributed by atoms with E-state index < -0.39 is 12.0 Å². The lowest BCUT2D eigenvalue weighted by atomic mass is 10.0. The van der Waals surface area contributed by atoms with Gasteiger partial charge in [-0.15, -0.1) is 6.58 Å². The van der Waals surface area contributed by atoms with Crippen LogP contribution in [0.4, 0.5) is 0 Å². The van der Waals surface area contributed by atoms with Crippen LogP contribution in [0.5, 0.6) is 0 Å². The van der Waals surface area contributed by atoms with Crippen LogP contribution in [0.15, 0.2) is 12.7 Å². The predicted octanol–water partition coefficient (Wildman–Crippen LogP) is 2.12. The average Bonchev–Trinajstić information content (AvgIpc) is 2.91. The van der Waals surface area contributed by atoms with Gasteiger partial charge in [-0.25, -0.2) is 4.79 Å². The van der Waals surface area contributed by atoms with Gasteiger partial charge >= 0.3 is 5.97 Å². The molecule has 5 nitrogen and oxygen atoms in total. The highest BCUT2D eigenvalue weighted by Crippen LogP contribution is 2.28. The van der Waals surface area contributed by atoms with E-state index in [-0.39, 0.29) is 19.1 Å². The molecule has 1 rings (SSSR count). The van der Waals surface area contributed by atoms with E-state index in [1.54, 1.807) is 6.08 Å². The molecular formula is C15H25NO4. The quantitative estimate of drug-likeness (QED) is 0.475. The maximum atomic E-state index is 11.7. The van der Waals surface area contributed by atoms with Crippen molar-refractivity contribution >= 4 is 11.9 Å². The molecule has 0 saturated heterocycles. The van der Waals surface area contributed by atoms with Gasteiger partial charge in [-0.1, -0.05) is 31.8 Å². The third-order valence-corrected chi connectivity index (χ3v) is 3.64. The summed E-state index contributed by atoms with van der Waals surface area (Å²) in [5.41, 5.74) is 0. The Balaban J connectivity index is 2.19. The number of aliphatic carboxylic acids is 1. The lowest BCUT2D eigenvalue weighted by molar-refractivity contribution is -0.143. The summed E-state index contributed by atoms with van der Waals surface area (Å²) in [6.07, 6.45) is 8.99. The molecule has 5 heteroatoms. The Kier molecular flexibility index (Phi) is 7.95. The topological polar surface area (TPSA) is 75.6 Å². The first-order chi connectivity index (χ1) is 9.63. The van der Waals surface area contributed by atoms with Crippen molar-refractivity contribution in [1.82, 2.24) is 5.32 Å². The first-order valence-electron chi connectivity index (χ1n) is 7.34. The van der Waals surface area contributed by atoms with Crippen LogP contribution >= 0.6 is 0 Å². The van der Waals surface area contributed by atoms with E-state index >= 15 is 0 Å². The molecule has 1 fully saturated rings. The fraction of sp³-hybridized carbons (Fsp3) is 0.733. The number of carbonyl (C=O) groups excluding carboxylic acids is 1. The Hall–Kier alpha value is -1.36. The zero-order valence-corrected chi connectivity index (χ0v) is 12.0. The van der Waals surface area contributed by atoms with Gasteiger partial charge in [0.2, 0.25) is 5.91 Å². The highest BCUT2D eigenvalue weighted by Gasteiger charge is 2.20. The van der Waals surface area contributed by atoms with Crippen molar-refractivity contribution in [2.45, 2.75) is 51.0 Å². The van der Waals surface area contributed by atoms with Crippen molar-refractivity contribution in [2.75, 3.05) is 13.2 Å². The smallest absolute Gasteiger partial charge is 0.328 e. The molecule has 0 aromatic heterocycles. The molecule has 0 bridgehead atoms. The predicted molar refractivity (Wildman–Crippen MR) is 76.4 cm³/mol. The van der Waals surface area contributed by atoms with Crippen LogP contribution in [0, 0.1) is 5.92 Å². The molecule has 0 aromatic rings. The Labute approximate surface area is 120 Å². The van der Waals surface area contributed by atoms with Gasteiger partial charge in [0, 0.05) is 6.42 Å². The van der Waals surface area contributed by atoms with Gasteiger partial charge in [0.1, 0.15) is 0 Å². The molecule has 1 saturated carbocycles. The largest absolute Gasteiger partial charge is 0.480 e. The fourth-order valence-corrected chi connectivity index (χ4v) is 2.56. The Bertz CT molecular complexity index is 324. The number of hydrogen-bond donors (Lipinski definition) is 2. The molecule has 2 N–H and O–H groups in total. The van der Waals surface area contributed by atoms with Crippen LogP contribution in [0.25, 0.3) is 0 Å². The Morgan fingerprint density at radius 2 is 2.10 bits per heavy atom. The molecule has 1 unspecified atom stereocenters. The summed E-state index contributed by atoms with van der Waals surface area (Å²) in [5.74, 6) is -0.523. The van der Waals surface area contributed by atoms with Gasteiger partial charge in [-0.3, -0.25) is 4.79 Å². The molecule has 114 valence electrons. The molecule has 0 spiro atoms. The number of amides is 1. The van der Waals surface area contributed by atoms with Crippen molar-refractivity contribution < 1.29 is 19.4 Å². The van der Waals surface area contributed by atoms with Crippen LogP contribution < -0.4 is 5.32 Å². The Morgan fingerprint density at radius 1 is 1.40 bits per heavy atom. The van der Waals surface area contributed by atoms with E-state index in [1.807, 2.05) is 0 Å². The SMILES string of the molecule is C=CCOCC(NC(=O)CCCC1CCCC1)C(=O)O. The van der Waals surface area contributed by atoms with Gasteiger partial charge in [-0.2, -0.15) is 0 Å². The zero-order chi connectivity index (χ0) is 14.8. The summed E-state index contributed by atoms with van der Waals surface area (Å²) < 4.78 is 5.08. The van der Waals surface area contributed by atoms with Crippen molar-refractivity contribution in [1.29, 1.82) is 0 Å². The molecular weight excluding hydrogens is 258 g/mol. The van der Waals surface area contributed by atoms with E-state index in [0.717, 1.165) is 18.8 Å². The first-order valence-corrected chi connectivity index (χ1v) is 7.34. The zero-order valence-electron chi connectivity index (χ0n) is 12.0. The molecule has 1 aliphatic carbocycles. The van der Waals surface area contributed by atoms with Gasteiger partial charge < -0.3 is 15.2 Å². The van der Waals surface area contributed by atoms with Crippen LogP contribution in [0.2, 0.25) is 0 Å². The first kappa shape index (κ1) is 16.7. The number of carbonyl (C=O) groups is 2. The summed E-state index contributed by atoms with van der Waals surface area (Å²) >= 11 is 0. The van der Waals surface area contributed by atoms with Gasteiger partial charge in [-0.05, 0) is 18.8 Å². The second-order valence-electron chi connectivity index (χ2n) is 5.33. The van der Waals surface area contributed by atoms with E-state index in [0.29, 0.717) is 6.42 Å². The summed E-state index contributed by atoms with van der Waals surface area (Å²) in [7, 11) is 0. The number of nitrogens with one attached hydrogen (secondary N) is 1. The second kappa shape index (κ2) is 9.53. The molecule has 0 aromatic carbocycles. The van der Waals surface area contributed by atoms with Crippen molar-refractivity contribution in [3.63, 3.8) is 0 Å². The molecule has 0 heterocycles. The molecule has 1 atom stereocenters. The summed E-state index contributed by atoms with van der Waals surface area (Å²) in [4.78, 5) is 22.7. The highest BCUT2D eigenvalue weighted by atomic mass is 16.5. The summed E-state index contributed by atoms with van der Waals surface area (Å²) in [6.45, 7) is 3.73. The van der Waals surface area contributed by atoms with E-state index in [9.17, 15) is 9.59 Å². The van der Waals surface area contributed by atoms with Gasteiger partial charge in [0.25, 0.3) is 0 Å². The third-order valence-electron chi connectivity index (χ3n) is 3.64. The summed E-state index contributed by atoms with van der Waals surface area (Å²) in [6, 6.07) is -0.978. The highest BCUT2D eigenvalue weighted by molar-refractivity contribution is 5.83. The van der Waals surface area contributed by atoms with E-state index in [1.165, 1.54) is 25.7 Å². The average molecular weight is 283 g/mol. The second-order valence-corrected chi connectivity index (χ2v) is 5.33. The number of rotatable bonds is 10. The summed E-state index contributed by atoms with van der Waals surface area (Å²) in [5, 5.41) is 11.5. The monoisotopic (exact) mass is 283 g/mol. The van der Waals surface area contributed by atoms with Gasteiger partial charge in [0.05, 0.1) is 13.2 Å². The van der Waals surface area contributed by atoms with Crippen LogP contribution in [-0.4, -0.2) is 36.2 Å². The minimum Gasteiger partial charge on any atom is -0.480 e. The lowest BCUT2D eigenvalue weighted by Crippen LogP contribution is -2.44. The molecule has 20 heavy (non-hydrogen) atoms. The number of ether oxygens (including phenoxy) is 1. The lowest BCUT2D eigenvalue weighted by Gasteiger charge is -2.14. The number of hydrogen-bond acceptors (Lipinski definition) is 3. The fourth-order valence-electron chi connectivity index (χ4n) is 2.56. The Morgan fingerprint density at radius 3 is 2.70 bits per heavy atom. The van der Waals surface area contributed by atoms with Crippen molar-refractivity contribution in [3.05, 3.63) is 12.7 Å². The van der Waals surface area contributed by atoms with E-state index in [2.05, 4.69) is 11.9 Å². The molecule has 1 amide bonds. The molecule has 0 radical (unpaired) electrons. The van der Waals surface area contributed by atoms with Crippen LogP contribution in [0.1, 0.15) is 44.9 Å². The number of carboxylic acid groups (broad SMARTS) is 1. The number of carboxylic acids is 1. The standard InChI is InChI=1S/C15H25NO4/c1-2-10-20-11-13(15(18)19)16-14(17)9-5-8-12-6-3-4-7-12/h2,12-13H,1,3-11H2,(H,16,17)(H,18,19). The maximum absolute atomic E-state index is 11.7. The van der Waals surface area contributed by atoms with Crippen LogP contribution in [0.3, 0.4) is 0 Å². The molecule has 1 aliphatic rings. The van der Waals surface area contributed by atoms with E-state index in [4.69, 9.17) is 9.84 Å². The normalized spacial score (nSPS) is 16.8. The van der Waals surface area contributed by atoms with Crippen LogP contribution in [-0.2, 0) is 14.3 Å². The minimum atomic E-state index is -1.07. The van der Waals surface area contributed by atoms with Crippen molar-refractivity contribution in [2.24, 2.45) is 5.92 Å². The maximum Gasteiger partial charge on any atom is 0.328 e. The third kappa shape index (κ3) is 6.70. The minimum absolute atomic E-state index is 0.0320.